The summed E-state index contributed by atoms with van der Waals surface area (Å²) in [7, 11) is 3.81. The number of carbonyl (C=O) groups excluding carboxylic acids is 1. The van der Waals surface area contributed by atoms with Crippen LogP contribution in [0.25, 0.3) is 10.9 Å². The highest BCUT2D eigenvalue weighted by Gasteiger charge is 2.21. The van der Waals surface area contributed by atoms with E-state index >= 15 is 0 Å². The Labute approximate surface area is 217 Å². The summed E-state index contributed by atoms with van der Waals surface area (Å²) in [6.07, 6.45) is 5.84. The third-order valence-electron chi connectivity index (χ3n) is 6.65. The lowest BCUT2D eigenvalue weighted by atomic mass is 9.94. The van der Waals surface area contributed by atoms with E-state index in [1.165, 1.54) is 25.3 Å². The molecule has 0 radical (unpaired) electrons. The van der Waals surface area contributed by atoms with Gasteiger partial charge in [0.25, 0.3) is 11.5 Å². The largest absolute Gasteiger partial charge is 0.478 e. The van der Waals surface area contributed by atoms with Crippen molar-refractivity contribution < 1.29 is 14.7 Å². The van der Waals surface area contributed by atoms with E-state index in [-0.39, 0.29) is 11.1 Å². The van der Waals surface area contributed by atoms with Crippen LogP contribution >= 0.6 is 22.6 Å². The number of H-pyrrole nitrogens is 1. The smallest absolute Gasteiger partial charge is 0.335 e. The van der Waals surface area contributed by atoms with Crippen molar-refractivity contribution in [3.05, 3.63) is 67.0 Å². The van der Waals surface area contributed by atoms with Crippen LogP contribution in [0.15, 0.2) is 41.2 Å². The Balaban J connectivity index is 1.65. The maximum absolute atomic E-state index is 13.2. The molecule has 1 saturated carbocycles. The van der Waals surface area contributed by atoms with Gasteiger partial charge in [-0.3, -0.25) is 14.5 Å². The molecule has 0 bridgehead atoms. The van der Waals surface area contributed by atoms with Crippen molar-refractivity contribution in [3.63, 3.8) is 0 Å². The van der Waals surface area contributed by atoms with E-state index < -0.39 is 17.4 Å². The second-order valence-electron chi connectivity index (χ2n) is 9.02. The quantitative estimate of drug-likeness (QED) is 0.293. The molecule has 0 saturated heterocycles. The fourth-order valence-corrected chi connectivity index (χ4v) is 5.38. The highest BCUT2D eigenvalue weighted by atomic mass is 127. The fraction of sp³-hybridized carbons (Fsp3) is 0.346. The molecular formula is C26H29IN4O4. The Hall–Kier alpha value is -2.92. The van der Waals surface area contributed by atoms with Crippen molar-refractivity contribution in [1.29, 1.82) is 0 Å². The number of halogens is 1. The molecule has 1 fully saturated rings. The van der Waals surface area contributed by atoms with Crippen LogP contribution in [0.5, 0.6) is 0 Å². The summed E-state index contributed by atoms with van der Waals surface area (Å²) in [6.45, 7) is 0.499. The standard InChI is InChI=1S/C26H29IN4O4/c1-28-22-13-18(27)11-16-12-20(25(33)30-23(16)22)24(32)29-21-9-8-15(26(34)35)10-17(21)14-31(2)19-6-4-3-5-7-19/h8-13,19,28H,3-7,14H2,1-2H3,(H,29,32)(H,30,33)(H,34,35). The fourth-order valence-electron chi connectivity index (χ4n) is 4.74. The molecule has 4 N–H and O–H groups in total. The summed E-state index contributed by atoms with van der Waals surface area (Å²) in [5, 5.41) is 16.2. The number of nitrogens with one attached hydrogen (secondary N) is 3. The first-order valence-corrected chi connectivity index (χ1v) is 12.8. The maximum Gasteiger partial charge on any atom is 0.335 e. The number of anilines is 2. The molecule has 1 aliphatic carbocycles. The van der Waals surface area contributed by atoms with E-state index in [2.05, 4.69) is 43.1 Å². The third kappa shape index (κ3) is 5.67. The average Bonchev–Trinajstić information content (AvgIpc) is 2.84. The zero-order chi connectivity index (χ0) is 25.1. The van der Waals surface area contributed by atoms with Crippen LogP contribution in [-0.4, -0.2) is 47.0 Å². The molecule has 4 rings (SSSR count). The number of benzene rings is 2. The van der Waals surface area contributed by atoms with Gasteiger partial charge in [-0.2, -0.15) is 0 Å². The maximum atomic E-state index is 13.2. The van der Waals surface area contributed by atoms with Gasteiger partial charge in [0.2, 0.25) is 0 Å². The summed E-state index contributed by atoms with van der Waals surface area (Å²) in [4.78, 5) is 42.6. The molecule has 1 amide bonds. The highest BCUT2D eigenvalue weighted by Crippen LogP contribution is 2.27. The average molecular weight is 588 g/mol. The third-order valence-corrected chi connectivity index (χ3v) is 7.27. The number of nitrogens with zero attached hydrogens (tertiary/aromatic N) is 1. The minimum Gasteiger partial charge on any atom is -0.478 e. The van der Waals surface area contributed by atoms with Crippen molar-refractivity contribution in [2.45, 2.75) is 44.7 Å². The topological polar surface area (TPSA) is 115 Å². The van der Waals surface area contributed by atoms with E-state index in [9.17, 15) is 19.5 Å². The number of carboxylic acids is 1. The number of aromatic amines is 1. The Morgan fingerprint density at radius 1 is 1.11 bits per heavy atom. The van der Waals surface area contributed by atoms with E-state index in [4.69, 9.17) is 0 Å². The van der Waals surface area contributed by atoms with Gasteiger partial charge in [-0.25, -0.2) is 4.79 Å². The summed E-state index contributed by atoms with van der Waals surface area (Å²) < 4.78 is 0.968. The highest BCUT2D eigenvalue weighted by molar-refractivity contribution is 14.1. The molecule has 2 aromatic carbocycles. The predicted octanol–water partition coefficient (Wildman–Crippen LogP) is 4.89. The Morgan fingerprint density at radius 3 is 2.54 bits per heavy atom. The first-order chi connectivity index (χ1) is 16.8. The van der Waals surface area contributed by atoms with Crippen LogP contribution in [0.4, 0.5) is 11.4 Å². The molecule has 1 heterocycles. The molecule has 35 heavy (non-hydrogen) atoms. The number of aromatic carboxylic acids is 1. The molecule has 3 aromatic rings. The lowest BCUT2D eigenvalue weighted by molar-refractivity contribution is 0.0696. The molecular weight excluding hydrogens is 559 g/mol. The second-order valence-corrected chi connectivity index (χ2v) is 10.3. The lowest BCUT2D eigenvalue weighted by Gasteiger charge is -2.31. The SMILES string of the molecule is CNc1cc(I)cc2cc(C(=O)Nc3ccc(C(=O)O)cc3CN(C)C3CCCCC3)c(=O)[nH]c12. The summed E-state index contributed by atoms with van der Waals surface area (Å²) >= 11 is 2.19. The minimum atomic E-state index is -1.02. The lowest BCUT2D eigenvalue weighted by Crippen LogP contribution is -2.33. The van der Waals surface area contributed by atoms with Gasteiger partial charge in [-0.15, -0.1) is 0 Å². The Bertz CT molecular complexity index is 1330. The monoisotopic (exact) mass is 588 g/mol. The molecule has 0 aliphatic heterocycles. The van der Waals surface area contributed by atoms with Crippen molar-refractivity contribution in [2.75, 3.05) is 24.7 Å². The molecule has 1 aliphatic rings. The molecule has 9 heteroatoms. The van der Waals surface area contributed by atoms with E-state index in [0.29, 0.717) is 29.4 Å². The predicted molar refractivity (Wildman–Crippen MR) is 147 cm³/mol. The van der Waals surface area contributed by atoms with Gasteiger partial charge in [0.05, 0.1) is 16.8 Å². The number of amides is 1. The van der Waals surface area contributed by atoms with Gasteiger partial charge in [-0.1, -0.05) is 19.3 Å². The van der Waals surface area contributed by atoms with Gasteiger partial charge in [0.1, 0.15) is 5.56 Å². The number of rotatable bonds is 7. The Kier molecular flexibility index (Phi) is 7.75. The van der Waals surface area contributed by atoms with Gasteiger partial charge in [-0.05, 0) is 84.4 Å². The van der Waals surface area contributed by atoms with Crippen LogP contribution in [0.2, 0.25) is 0 Å². The summed E-state index contributed by atoms with van der Waals surface area (Å²) in [6, 6.07) is 10.5. The number of hydrogen-bond acceptors (Lipinski definition) is 5. The number of fused-ring (bicyclic) bond motifs is 1. The van der Waals surface area contributed by atoms with Crippen LogP contribution in [0, 0.1) is 3.57 Å². The van der Waals surface area contributed by atoms with Gasteiger partial charge in [0.15, 0.2) is 0 Å². The van der Waals surface area contributed by atoms with Gasteiger partial charge < -0.3 is 20.7 Å². The van der Waals surface area contributed by atoms with E-state index in [0.717, 1.165) is 27.5 Å². The normalized spacial score (nSPS) is 14.3. The van der Waals surface area contributed by atoms with Crippen LogP contribution in [0.3, 0.4) is 0 Å². The zero-order valence-corrected chi connectivity index (χ0v) is 21.9. The zero-order valence-electron chi connectivity index (χ0n) is 19.8. The summed E-state index contributed by atoms with van der Waals surface area (Å²) in [5.41, 5.74) is 2.28. The Morgan fingerprint density at radius 2 is 1.86 bits per heavy atom. The molecule has 8 nitrogen and oxygen atoms in total. The van der Waals surface area contributed by atoms with Crippen molar-refractivity contribution in [3.8, 4) is 0 Å². The van der Waals surface area contributed by atoms with Gasteiger partial charge in [0, 0.05) is 34.3 Å². The molecule has 0 spiro atoms. The van der Waals surface area contributed by atoms with Crippen molar-refractivity contribution in [2.24, 2.45) is 0 Å². The van der Waals surface area contributed by atoms with Crippen molar-refractivity contribution in [1.82, 2.24) is 9.88 Å². The van der Waals surface area contributed by atoms with Crippen molar-refractivity contribution >= 4 is 56.7 Å². The van der Waals surface area contributed by atoms with E-state index in [1.54, 1.807) is 25.2 Å². The van der Waals surface area contributed by atoms with Crippen LogP contribution < -0.4 is 16.2 Å². The number of pyridine rings is 1. The van der Waals surface area contributed by atoms with Crippen LogP contribution in [-0.2, 0) is 6.54 Å². The first kappa shape index (κ1) is 25.2. The van der Waals surface area contributed by atoms with E-state index in [1.807, 2.05) is 19.2 Å². The number of carbonyl (C=O) groups is 2. The number of aromatic nitrogens is 1. The summed E-state index contributed by atoms with van der Waals surface area (Å²) in [5.74, 6) is -1.56. The molecule has 0 atom stereocenters. The van der Waals surface area contributed by atoms with Gasteiger partial charge >= 0.3 is 5.97 Å². The molecule has 0 unspecified atom stereocenters. The number of carboxylic acid groups (broad SMARTS) is 1. The molecule has 1 aromatic heterocycles. The second kappa shape index (κ2) is 10.8. The first-order valence-electron chi connectivity index (χ1n) is 11.7. The minimum absolute atomic E-state index is 0.00421. The van der Waals surface area contributed by atoms with Crippen LogP contribution in [0.1, 0.15) is 58.4 Å². The number of hydrogen-bond donors (Lipinski definition) is 4. The molecule has 184 valence electrons.